The van der Waals surface area contributed by atoms with E-state index in [1.165, 1.54) is 43.4 Å². The Bertz CT molecular complexity index is 762. The number of fused-ring (bicyclic) bond motifs is 1. The summed E-state index contributed by atoms with van der Waals surface area (Å²) >= 11 is 1.48. The molecule has 26 heavy (non-hydrogen) atoms. The molecule has 0 spiro atoms. The van der Waals surface area contributed by atoms with Crippen LogP contribution in [-0.4, -0.2) is 54.6 Å². The molecule has 2 aliphatic rings. The Kier molecular flexibility index (Phi) is 5.41. The molecule has 4 rings (SSSR count). The molecular weight excluding hydrogens is 346 g/mol. The molecule has 1 saturated heterocycles. The zero-order valence-electron chi connectivity index (χ0n) is 15.5. The highest BCUT2D eigenvalue weighted by atomic mass is 32.1. The Labute approximate surface area is 159 Å². The maximum atomic E-state index is 12.9. The lowest BCUT2D eigenvalue weighted by molar-refractivity contribution is -0.930. The summed E-state index contributed by atoms with van der Waals surface area (Å²) in [4.78, 5) is 21.2. The first-order valence-corrected chi connectivity index (χ1v) is 10.7. The number of piperazine rings is 1. The van der Waals surface area contributed by atoms with E-state index in [4.69, 9.17) is 4.74 Å². The van der Waals surface area contributed by atoms with Crippen LogP contribution in [0.4, 0.5) is 0 Å². The molecule has 2 aromatic rings. The standard InChI is InChI=1S/C20H27N3O2S/c1-2-25-16-8-9-17-18(14-16)26-19(21-17)20(24)23-12-10-22(11-13-23)15-6-4-3-5-7-15/h8-9,14-15H,2-7,10-13H2,1H3/p+1. The lowest BCUT2D eigenvalue weighted by atomic mass is 9.94. The average Bonchev–Trinajstić information content (AvgIpc) is 3.12. The van der Waals surface area contributed by atoms with Crippen molar-refractivity contribution in [3.05, 3.63) is 23.2 Å². The topological polar surface area (TPSA) is 46.9 Å². The third kappa shape index (κ3) is 3.71. The molecule has 1 aromatic carbocycles. The Hall–Kier alpha value is -1.66. The zero-order chi connectivity index (χ0) is 17.9. The van der Waals surface area contributed by atoms with E-state index < -0.39 is 0 Å². The fourth-order valence-corrected chi connectivity index (χ4v) is 5.27. The monoisotopic (exact) mass is 374 g/mol. The smallest absolute Gasteiger partial charge is 0.283 e. The number of ether oxygens (including phenoxy) is 1. The van der Waals surface area contributed by atoms with E-state index in [-0.39, 0.29) is 5.91 Å². The number of carbonyl (C=O) groups excluding carboxylic acids is 1. The van der Waals surface area contributed by atoms with Gasteiger partial charge < -0.3 is 14.5 Å². The quantitative estimate of drug-likeness (QED) is 0.894. The second-order valence-electron chi connectivity index (χ2n) is 7.37. The summed E-state index contributed by atoms with van der Waals surface area (Å²) < 4.78 is 6.57. The second kappa shape index (κ2) is 7.92. The van der Waals surface area contributed by atoms with E-state index in [0.717, 1.165) is 48.2 Å². The van der Waals surface area contributed by atoms with Crippen LogP contribution in [0.15, 0.2) is 18.2 Å². The number of nitrogens with zero attached hydrogens (tertiary/aromatic N) is 2. The van der Waals surface area contributed by atoms with Crippen molar-refractivity contribution in [2.24, 2.45) is 0 Å². The van der Waals surface area contributed by atoms with Crippen LogP contribution >= 0.6 is 11.3 Å². The largest absolute Gasteiger partial charge is 0.494 e. The van der Waals surface area contributed by atoms with E-state index in [2.05, 4.69) is 4.98 Å². The third-order valence-corrected chi connectivity index (χ3v) is 6.74. The van der Waals surface area contributed by atoms with Crippen molar-refractivity contribution in [3.8, 4) is 5.75 Å². The van der Waals surface area contributed by atoms with E-state index in [1.54, 1.807) is 4.90 Å². The van der Waals surface area contributed by atoms with E-state index >= 15 is 0 Å². The predicted octanol–water partition coefficient (Wildman–Crippen LogP) is 2.37. The van der Waals surface area contributed by atoms with Crippen LogP contribution in [0.5, 0.6) is 5.75 Å². The minimum atomic E-state index is 0.0897. The molecule has 0 bridgehead atoms. The lowest BCUT2D eigenvalue weighted by Gasteiger charge is -2.37. The first kappa shape index (κ1) is 17.7. The molecule has 1 aliphatic carbocycles. The zero-order valence-corrected chi connectivity index (χ0v) is 16.3. The van der Waals surface area contributed by atoms with Crippen molar-refractivity contribution < 1.29 is 14.4 Å². The molecule has 0 unspecified atom stereocenters. The van der Waals surface area contributed by atoms with Gasteiger partial charge in [-0.1, -0.05) is 6.42 Å². The van der Waals surface area contributed by atoms with Crippen LogP contribution in [-0.2, 0) is 0 Å². The number of thiazole rings is 1. The molecule has 1 aliphatic heterocycles. The number of hydrogen-bond donors (Lipinski definition) is 1. The van der Waals surface area contributed by atoms with Gasteiger partial charge in [0.2, 0.25) is 0 Å². The predicted molar refractivity (Wildman–Crippen MR) is 104 cm³/mol. The summed E-state index contributed by atoms with van der Waals surface area (Å²) in [5.74, 6) is 0.930. The first-order valence-electron chi connectivity index (χ1n) is 9.92. The van der Waals surface area contributed by atoms with Crippen molar-refractivity contribution in [3.63, 3.8) is 0 Å². The van der Waals surface area contributed by atoms with Crippen molar-refractivity contribution >= 4 is 27.5 Å². The summed E-state index contributed by atoms with van der Waals surface area (Å²) in [6.45, 7) is 6.48. The van der Waals surface area contributed by atoms with Gasteiger partial charge in [-0.2, -0.15) is 0 Å². The van der Waals surface area contributed by atoms with Gasteiger partial charge in [0.15, 0.2) is 5.01 Å². The van der Waals surface area contributed by atoms with E-state index in [1.807, 2.05) is 30.0 Å². The maximum absolute atomic E-state index is 12.9. The molecule has 2 fully saturated rings. The third-order valence-electron chi connectivity index (χ3n) is 5.73. The minimum Gasteiger partial charge on any atom is -0.494 e. The molecule has 0 atom stereocenters. The first-order chi connectivity index (χ1) is 12.7. The van der Waals surface area contributed by atoms with Crippen LogP contribution in [0.2, 0.25) is 0 Å². The molecular formula is C20H28N3O2S+. The van der Waals surface area contributed by atoms with Gasteiger partial charge >= 0.3 is 0 Å². The van der Waals surface area contributed by atoms with E-state index in [9.17, 15) is 4.79 Å². The fourth-order valence-electron chi connectivity index (χ4n) is 4.30. The maximum Gasteiger partial charge on any atom is 0.283 e. The summed E-state index contributed by atoms with van der Waals surface area (Å²) in [7, 11) is 0. The second-order valence-corrected chi connectivity index (χ2v) is 8.40. The molecule has 1 amide bonds. The molecule has 1 aromatic heterocycles. The molecule has 0 radical (unpaired) electrons. The molecule has 1 saturated carbocycles. The highest BCUT2D eigenvalue weighted by molar-refractivity contribution is 7.20. The average molecular weight is 375 g/mol. The van der Waals surface area contributed by atoms with Gasteiger partial charge in [0.25, 0.3) is 5.91 Å². The fraction of sp³-hybridized carbons (Fsp3) is 0.600. The van der Waals surface area contributed by atoms with Crippen LogP contribution < -0.4 is 9.64 Å². The summed E-state index contributed by atoms with van der Waals surface area (Å²) in [6.07, 6.45) is 6.89. The summed E-state index contributed by atoms with van der Waals surface area (Å²) in [5, 5.41) is 0.606. The number of benzene rings is 1. The van der Waals surface area contributed by atoms with Gasteiger partial charge in [-0.15, -0.1) is 11.3 Å². The molecule has 140 valence electrons. The van der Waals surface area contributed by atoms with Gasteiger partial charge in [-0.05, 0) is 50.8 Å². The van der Waals surface area contributed by atoms with Crippen molar-refractivity contribution in [2.45, 2.75) is 45.1 Å². The lowest BCUT2D eigenvalue weighted by Crippen LogP contribution is -3.18. The van der Waals surface area contributed by atoms with Crippen molar-refractivity contribution in [1.29, 1.82) is 0 Å². The highest BCUT2D eigenvalue weighted by Gasteiger charge is 2.31. The van der Waals surface area contributed by atoms with Crippen LogP contribution in [0.3, 0.4) is 0 Å². The number of rotatable bonds is 4. The molecule has 6 heteroatoms. The SMILES string of the molecule is CCOc1ccc2nc(C(=O)N3CC[NH+](C4CCCCC4)CC3)sc2c1. The van der Waals surface area contributed by atoms with Crippen LogP contribution in [0, 0.1) is 0 Å². The van der Waals surface area contributed by atoms with E-state index in [0.29, 0.717) is 11.6 Å². The number of amides is 1. The van der Waals surface area contributed by atoms with Crippen LogP contribution in [0.25, 0.3) is 10.2 Å². The van der Waals surface area contributed by atoms with Crippen molar-refractivity contribution in [2.75, 3.05) is 32.8 Å². The van der Waals surface area contributed by atoms with Gasteiger partial charge in [0.1, 0.15) is 5.75 Å². The molecule has 5 nitrogen and oxygen atoms in total. The Balaban J connectivity index is 1.40. The van der Waals surface area contributed by atoms with Gasteiger partial charge in [0.05, 0.1) is 49.0 Å². The normalized spacial score (nSPS) is 19.8. The number of nitrogens with one attached hydrogen (secondary N) is 1. The van der Waals surface area contributed by atoms with Crippen LogP contribution in [0.1, 0.15) is 48.8 Å². The van der Waals surface area contributed by atoms with Gasteiger partial charge in [-0.3, -0.25) is 4.79 Å². The Morgan fingerprint density at radius 2 is 2.04 bits per heavy atom. The number of carbonyl (C=O) groups is 1. The Morgan fingerprint density at radius 3 is 2.77 bits per heavy atom. The minimum absolute atomic E-state index is 0.0897. The summed E-state index contributed by atoms with van der Waals surface area (Å²) in [5.41, 5.74) is 0.883. The molecule has 1 N–H and O–H groups in total. The van der Waals surface area contributed by atoms with Crippen molar-refractivity contribution in [1.82, 2.24) is 9.88 Å². The highest BCUT2D eigenvalue weighted by Crippen LogP contribution is 2.27. The number of aromatic nitrogens is 1. The number of hydrogen-bond acceptors (Lipinski definition) is 4. The van der Waals surface area contributed by atoms with Gasteiger partial charge in [-0.25, -0.2) is 4.98 Å². The van der Waals surface area contributed by atoms with Gasteiger partial charge in [0, 0.05) is 0 Å². The summed E-state index contributed by atoms with van der Waals surface area (Å²) in [6, 6.07) is 6.67. The Morgan fingerprint density at radius 1 is 1.27 bits per heavy atom. The number of quaternary nitrogens is 1. The molecule has 2 heterocycles.